The molecule has 0 bridgehead atoms. The molecule has 0 fully saturated rings. The largest absolute Gasteiger partial charge is 1.00 e. The summed E-state index contributed by atoms with van der Waals surface area (Å²) in [5, 5.41) is 0. The number of benzene rings is 1. The van der Waals surface area contributed by atoms with Gasteiger partial charge in [-0.1, -0.05) is 44.2 Å². The van der Waals surface area contributed by atoms with E-state index in [0.29, 0.717) is 12.2 Å². The molecule has 4 heteroatoms. The Morgan fingerprint density at radius 3 is 2.07 bits per heavy atom. The van der Waals surface area contributed by atoms with Crippen molar-refractivity contribution in [3.63, 3.8) is 0 Å². The summed E-state index contributed by atoms with van der Waals surface area (Å²) in [6.45, 7) is 4.48. The molecule has 1 aromatic rings. The molecular weight excluding hydrogens is 212 g/mol. The van der Waals surface area contributed by atoms with E-state index in [0.717, 1.165) is 0 Å². The summed E-state index contributed by atoms with van der Waals surface area (Å²) < 4.78 is 27.2. The molecule has 1 unspecified atom stereocenters. The molecule has 15 heavy (non-hydrogen) atoms. The van der Waals surface area contributed by atoms with Gasteiger partial charge in [0, 0.05) is 6.26 Å². The van der Waals surface area contributed by atoms with Crippen LogP contribution in [0.4, 0.5) is 0 Å². The maximum Gasteiger partial charge on any atom is 1.00 e. The van der Waals surface area contributed by atoms with Crippen molar-refractivity contribution in [3.8, 4) is 0 Å². The third kappa shape index (κ3) is 9.43. The molecule has 0 aliphatic heterocycles. The highest BCUT2D eigenvalue weighted by molar-refractivity contribution is 7.84. The zero-order valence-corrected chi connectivity index (χ0v) is 10.1. The van der Waals surface area contributed by atoms with Gasteiger partial charge in [0.2, 0.25) is 0 Å². The second-order valence-electron chi connectivity index (χ2n) is 3.42. The Hall–Kier alpha value is -0.870. The van der Waals surface area contributed by atoms with Crippen molar-refractivity contribution in [1.29, 1.82) is 0 Å². The first-order valence-corrected chi connectivity index (χ1v) is 6.62. The minimum atomic E-state index is -3.92. The molecule has 0 aliphatic rings. The molecule has 0 saturated heterocycles. The lowest BCUT2D eigenvalue weighted by atomic mass is 9.99. The summed E-state index contributed by atoms with van der Waals surface area (Å²) in [4.78, 5) is 0. The second-order valence-corrected chi connectivity index (χ2v) is 4.83. The van der Waals surface area contributed by atoms with E-state index in [9.17, 15) is 0 Å². The van der Waals surface area contributed by atoms with E-state index in [1.165, 1.54) is 12.0 Å². The maximum absolute atomic E-state index is 9.08. The van der Waals surface area contributed by atoms with Crippen LogP contribution in [0.5, 0.6) is 0 Å². The third-order valence-corrected chi connectivity index (χ3v) is 1.98. The normalized spacial score (nSPS) is 12.5. The Balaban J connectivity index is 0. The molecule has 0 aliphatic carbocycles. The van der Waals surface area contributed by atoms with Crippen LogP contribution < -0.4 is 0 Å². The van der Waals surface area contributed by atoms with Crippen molar-refractivity contribution in [2.24, 2.45) is 0 Å². The first-order chi connectivity index (χ1) is 6.84. The Morgan fingerprint density at radius 2 is 1.73 bits per heavy atom. The minimum absolute atomic E-state index is 0. The minimum Gasteiger partial charge on any atom is -0.748 e. The van der Waals surface area contributed by atoms with Gasteiger partial charge in [-0.2, -0.15) is 0 Å². The van der Waals surface area contributed by atoms with E-state index in [1.54, 1.807) is 0 Å². The van der Waals surface area contributed by atoms with E-state index < -0.39 is 10.1 Å². The van der Waals surface area contributed by atoms with E-state index in [-0.39, 0.29) is 1.43 Å². The smallest absolute Gasteiger partial charge is 0.748 e. The summed E-state index contributed by atoms with van der Waals surface area (Å²) in [5.74, 6) is 0.709. The Kier molecular flexibility index (Phi) is 6.20. The zero-order chi connectivity index (χ0) is 11.9. The summed E-state index contributed by atoms with van der Waals surface area (Å²) in [6.07, 6.45) is 1.83. The van der Waals surface area contributed by atoms with Gasteiger partial charge in [-0.25, -0.2) is 8.42 Å². The van der Waals surface area contributed by atoms with Crippen LogP contribution in [-0.4, -0.2) is 19.2 Å². The zero-order valence-electron chi connectivity index (χ0n) is 10.3. The molecule has 1 rings (SSSR count). The summed E-state index contributed by atoms with van der Waals surface area (Å²) in [6, 6.07) is 10.6. The Labute approximate surface area is 93.4 Å². The molecule has 1 aromatic carbocycles. The van der Waals surface area contributed by atoms with Crippen molar-refractivity contribution in [2.75, 3.05) is 6.26 Å². The van der Waals surface area contributed by atoms with Crippen LogP contribution >= 0.6 is 0 Å². The van der Waals surface area contributed by atoms with E-state index in [4.69, 9.17) is 13.0 Å². The summed E-state index contributed by atoms with van der Waals surface area (Å²) in [5.41, 5.74) is 1.45. The average Bonchev–Trinajstić information content (AvgIpc) is 2.15. The topological polar surface area (TPSA) is 57.2 Å². The van der Waals surface area contributed by atoms with E-state index >= 15 is 0 Å². The number of rotatable bonds is 2. The molecule has 0 spiro atoms. The summed E-state index contributed by atoms with van der Waals surface area (Å²) >= 11 is 0. The highest BCUT2D eigenvalue weighted by Crippen LogP contribution is 2.16. The number of hydrogen-bond donors (Lipinski definition) is 0. The van der Waals surface area contributed by atoms with Crippen LogP contribution in [0.25, 0.3) is 0 Å². The quantitative estimate of drug-likeness (QED) is 0.733. The lowest BCUT2D eigenvalue weighted by Crippen LogP contribution is -1.88. The molecule has 86 valence electrons. The molecule has 3 nitrogen and oxygen atoms in total. The molecule has 0 radical (unpaired) electrons. The Morgan fingerprint density at radius 1 is 1.33 bits per heavy atom. The van der Waals surface area contributed by atoms with Gasteiger partial charge in [-0.05, 0) is 17.9 Å². The van der Waals surface area contributed by atoms with Crippen molar-refractivity contribution in [2.45, 2.75) is 26.2 Å². The highest BCUT2D eigenvalue weighted by atomic mass is 32.2. The fraction of sp³-hybridized carbons (Fsp3) is 0.455. The van der Waals surface area contributed by atoms with E-state index in [1.807, 2.05) is 0 Å². The van der Waals surface area contributed by atoms with Crippen LogP contribution in [0.3, 0.4) is 0 Å². The average molecular weight is 230 g/mol. The van der Waals surface area contributed by atoms with Gasteiger partial charge in [0.1, 0.15) is 0 Å². The van der Waals surface area contributed by atoms with Crippen LogP contribution in [0.2, 0.25) is 0 Å². The van der Waals surface area contributed by atoms with Gasteiger partial charge in [-0.3, -0.25) is 0 Å². The van der Waals surface area contributed by atoms with Gasteiger partial charge in [0.15, 0.2) is 0 Å². The SMILES string of the molecule is CCC(C)c1ccccc1.CS(=O)(=O)[O-].[H+]. The van der Waals surface area contributed by atoms with Gasteiger partial charge in [0.25, 0.3) is 0 Å². The van der Waals surface area contributed by atoms with Crippen LogP contribution in [0, 0.1) is 0 Å². The third-order valence-electron chi connectivity index (χ3n) is 1.98. The van der Waals surface area contributed by atoms with Crippen molar-refractivity contribution < 1.29 is 14.4 Å². The van der Waals surface area contributed by atoms with Crippen molar-refractivity contribution >= 4 is 10.1 Å². The summed E-state index contributed by atoms with van der Waals surface area (Å²) in [7, 11) is -3.92. The van der Waals surface area contributed by atoms with Crippen LogP contribution in [0.15, 0.2) is 30.3 Å². The first kappa shape index (κ1) is 14.1. The molecular formula is C11H18O3S. The maximum atomic E-state index is 9.08. The lowest BCUT2D eigenvalue weighted by molar-refractivity contribution is 0.470. The Bertz CT molecular complexity index is 354. The van der Waals surface area contributed by atoms with Crippen LogP contribution in [0.1, 0.15) is 33.2 Å². The fourth-order valence-electron chi connectivity index (χ4n) is 1.02. The monoisotopic (exact) mass is 230 g/mol. The standard InChI is InChI=1S/C10H14.CH4O3S/c1-3-9(2)10-7-5-4-6-8-10;1-5(2,3)4/h4-9H,3H2,1-2H3;1H3,(H,2,3,4). The first-order valence-electron chi connectivity index (χ1n) is 4.80. The van der Waals surface area contributed by atoms with Gasteiger partial charge in [0.05, 0.1) is 10.1 Å². The predicted octanol–water partition coefficient (Wildman–Crippen LogP) is 2.47. The lowest BCUT2D eigenvalue weighted by Gasteiger charge is -2.06. The molecule has 0 N–H and O–H groups in total. The van der Waals surface area contributed by atoms with E-state index in [2.05, 4.69) is 44.2 Å². The molecule has 0 heterocycles. The van der Waals surface area contributed by atoms with Gasteiger partial charge >= 0.3 is 1.43 Å². The molecule has 1 atom stereocenters. The predicted molar refractivity (Wildman–Crippen MR) is 61.9 cm³/mol. The van der Waals surface area contributed by atoms with Crippen LogP contribution in [-0.2, 0) is 10.1 Å². The highest BCUT2D eigenvalue weighted by Gasteiger charge is 1.98. The molecule has 0 amide bonds. The second kappa shape index (κ2) is 6.58. The number of hydrogen-bond acceptors (Lipinski definition) is 3. The molecule has 0 aromatic heterocycles. The fourth-order valence-corrected chi connectivity index (χ4v) is 1.02. The molecule has 0 saturated carbocycles. The van der Waals surface area contributed by atoms with Crippen molar-refractivity contribution in [1.82, 2.24) is 0 Å². The van der Waals surface area contributed by atoms with Gasteiger partial charge < -0.3 is 4.55 Å². The van der Waals surface area contributed by atoms with Gasteiger partial charge in [-0.15, -0.1) is 0 Å². The van der Waals surface area contributed by atoms with Crippen molar-refractivity contribution in [3.05, 3.63) is 35.9 Å².